The van der Waals surface area contributed by atoms with Crippen molar-refractivity contribution in [2.75, 3.05) is 0 Å². The molecule has 5 nitrogen and oxygen atoms in total. The Balaban J connectivity index is 2.35. The van der Waals surface area contributed by atoms with Gasteiger partial charge in [-0.1, -0.05) is 6.07 Å². The highest BCUT2D eigenvalue weighted by Crippen LogP contribution is 2.23. The van der Waals surface area contributed by atoms with E-state index in [1.807, 2.05) is 0 Å². The summed E-state index contributed by atoms with van der Waals surface area (Å²) in [7, 11) is 0. The largest absolute Gasteiger partial charge is 0.479 e. The zero-order chi connectivity index (χ0) is 11.7. The van der Waals surface area contributed by atoms with Gasteiger partial charge in [-0.05, 0) is 23.8 Å². The van der Waals surface area contributed by atoms with E-state index in [1.54, 1.807) is 18.2 Å². The lowest BCUT2D eigenvalue weighted by Gasteiger charge is -2.13. The third kappa shape index (κ3) is 1.78. The Morgan fingerprint density at radius 3 is 2.69 bits per heavy atom. The monoisotopic (exact) mass is 222 g/mol. The Kier molecular flexibility index (Phi) is 2.64. The van der Waals surface area contributed by atoms with E-state index >= 15 is 0 Å². The summed E-state index contributed by atoms with van der Waals surface area (Å²) in [6, 6.07) is 6.40. The minimum Gasteiger partial charge on any atom is -0.479 e. The molecule has 0 fully saturated rings. The highest BCUT2D eigenvalue weighted by molar-refractivity contribution is 5.78. The lowest BCUT2D eigenvalue weighted by Crippen LogP contribution is -2.27. The molecule has 2 rings (SSSR count). The molecule has 3 N–H and O–H groups in total. The lowest BCUT2D eigenvalue weighted by atomic mass is 10.0. The van der Waals surface area contributed by atoms with Crippen LogP contribution in [0.5, 0.6) is 0 Å². The van der Waals surface area contributed by atoms with Crippen LogP contribution in [0.3, 0.4) is 0 Å². The first-order valence-corrected chi connectivity index (χ1v) is 4.65. The molecular formula is C11H10O5. The summed E-state index contributed by atoms with van der Waals surface area (Å²) in [6.45, 7) is 0. The van der Waals surface area contributed by atoms with Gasteiger partial charge in [-0.2, -0.15) is 0 Å². The molecule has 16 heavy (non-hydrogen) atoms. The highest BCUT2D eigenvalue weighted by Gasteiger charge is 2.25. The van der Waals surface area contributed by atoms with Gasteiger partial charge in [0, 0.05) is 5.39 Å². The molecule has 1 aromatic carbocycles. The normalized spacial score (nSPS) is 14.9. The van der Waals surface area contributed by atoms with Crippen LogP contribution in [-0.4, -0.2) is 27.4 Å². The van der Waals surface area contributed by atoms with Gasteiger partial charge in [0.1, 0.15) is 11.7 Å². The Morgan fingerprint density at radius 1 is 1.25 bits per heavy atom. The van der Waals surface area contributed by atoms with Crippen LogP contribution in [0.2, 0.25) is 0 Å². The summed E-state index contributed by atoms with van der Waals surface area (Å²) in [4.78, 5) is 10.5. The molecule has 2 atom stereocenters. The van der Waals surface area contributed by atoms with Crippen molar-refractivity contribution in [1.82, 2.24) is 0 Å². The number of aliphatic hydroxyl groups excluding tert-OH is 2. The summed E-state index contributed by atoms with van der Waals surface area (Å²) in [6.07, 6.45) is -1.78. The molecule has 1 heterocycles. The number of hydrogen-bond donors (Lipinski definition) is 3. The van der Waals surface area contributed by atoms with Crippen molar-refractivity contribution >= 4 is 16.9 Å². The van der Waals surface area contributed by atoms with Gasteiger partial charge in [0.2, 0.25) is 0 Å². The number of furan rings is 1. The molecule has 0 aliphatic carbocycles. The molecule has 0 aliphatic rings. The SMILES string of the molecule is O=C(O)C(O)C(O)c1ccc2occc2c1. The molecule has 2 aromatic rings. The predicted molar refractivity (Wildman–Crippen MR) is 54.8 cm³/mol. The number of fused-ring (bicyclic) bond motifs is 1. The minimum absolute atomic E-state index is 0.337. The van der Waals surface area contributed by atoms with Crippen LogP contribution in [0.25, 0.3) is 11.0 Å². The third-order valence-electron chi connectivity index (χ3n) is 2.37. The molecule has 0 aliphatic heterocycles. The average Bonchev–Trinajstić information content (AvgIpc) is 2.73. The van der Waals surface area contributed by atoms with E-state index in [0.717, 1.165) is 5.39 Å². The van der Waals surface area contributed by atoms with E-state index in [9.17, 15) is 15.0 Å². The van der Waals surface area contributed by atoms with Gasteiger partial charge < -0.3 is 19.7 Å². The topological polar surface area (TPSA) is 90.9 Å². The fourth-order valence-electron chi connectivity index (χ4n) is 1.49. The van der Waals surface area contributed by atoms with Crippen LogP contribution in [0.15, 0.2) is 34.9 Å². The molecule has 5 heteroatoms. The number of hydrogen-bond acceptors (Lipinski definition) is 4. The first-order valence-electron chi connectivity index (χ1n) is 4.65. The fourth-order valence-corrected chi connectivity index (χ4v) is 1.49. The van der Waals surface area contributed by atoms with Crippen molar-refractivity contribution in [1.29, 1.82) is 0 Å². The Bertz CT molecular complexity index is 516. The molecule has 2 unspecified atom stereocenters. The van der Waals surface area contributed by atoms with E-state index < -0.39 is 18.2 Å². The number of aliphatic carboxylic acids is 1. The maximum absolute atomic E-state index is 10.5. The standard InChI is InChI=1S/C11H10O5/c12-9(10(13)11(14)15)7-1-2-8-6(5-7)3-4-16-8/h1-5,9-10,12-13H,(H,14,15). The third-order valence-corrected chi connectivity index (χ3v) is 2.37. The van der Waals surface area contributed by atoms with Crippen molar-refractivity contribution in [2.24, 2.45) is 0 Å². The zero-order valence-corrected chi connectivity index (χ0v) is 8.20. The molecule has 0 bridgehead atoms. The van der Waals surface area contributed by atoms with Crippen LogP contribution in [0.4, 0.5) is 0 Å². The molecule has 84 valence electrons. The van der Waals surface area contributed by atoms with Crippen LogP contribution in [0, 0.1) is 0 Å². The minimum atomic E-state index is -1.83. The maximum atomic E-state index is 10.5. The van der Waals surface area contributed by atoms with Crippen LogP contribution < -0.4 is 0 Å². The summed E-state index contributed by atoms with van der Waals surface area (Å²) < 4.78 is 5.10. The molecule has 0 saturated heterocycles. The Hall–Kier alpha value is -1.85. The summed E-state index contributed by atoms with van der Waals surface area (Å²) >= 11 is 0. The number of carboxylic acid groups (broad SMARTS) is 1. The van der Waals surface area contributed by atoms with E-state index in [4.69, 9.17) is 9.52 Å². The first kappa shape index (κ1) is 10.7. The Labute approximate surface area is 90.5 Å². The van der Waals surface area contributed by atoms with E-state index in [0.29, 0.717) is 11.1 Å². The zero-order valence-electron chi connectivity index (χ0n) is 8.20. The van der Waals surface area contributed by atoms with E-state index in [1.165, 1.54) is 12.3 Å². The van der Waals surface area contributed by atoms with Crippen molar-refractivity contribution < 1.29 is 24.5 Å². The summed E-state index contributed by atoms with van der Waals surface area (Å²) in [5.41, 5.74) is 0.976. The van der Waals surface area contributed by atoms with Crippen molar-refractivity contribution in [3.05, 3.63) is 36.1 Å². The van der Waals surface area contributed by atoms with Gasteiger partial charge in [0.05, 0.1) is 6.26 Å². The van der Waals surface area contributed by atoms with Gasteiger partial charge in [-0.3, -0.25) is 0 Å². The Morgan fingerprint density at radius 2 is 2.00 bits per heavy atom. The quantitative estimate of drug-likeness (QED) is 0.718. The number of rotatable bonds is 3. The highest BCUT2D eigenvalue weighted by atomic mass is 16.4. The maximum Gasteiger partial charge on any atom is 0.335 e. The first-order chi connectivity index (χ1) is 7.59. The molecule has 0 amide bonds. The van der Waals surface area contributed by atoms with Crippen LogP contribution in [0.1, 0.15) is 11.7 Å². The van der Waals surface area contributed by atoms with E-state index in [-0.39, 0.29) is 0 Å². The average molecular weight is 222 g/mol. The molecule has 0 radical (unpaired) electrons. The number of carbonyl (C=O) groups is 1. The van der Waals surface area contributed by atoms with Crippen LogP contribution >= 0.6 is 0 Å². The fraction of sp³-hybridized carbons (Fsp3) is 0.182. The molecule has 0 spiro atoms. The van der Waals surface area contributed by atoms with Crippen molar-refractivity contribution in [3.63, 3.8) is 0 Å². The second-order valence-electron chi connectivity index (χ2n) is 3.45. The van der Waals surface area contributed by atoms with Crippen molar-refractivity contribution in [2.45, 2.75) is 12.2 Å². The van der Waals surface area contributed by atoms with Gasteiger partial charge >= 0.3 is 5.97 Å². The second kappa shape index (κ2) is 3.96. The van der Waals surface area contributed by atoms with Crippen LogP contribution in [-0.2, 0) is 4.79 Å². The number of aliphatic hydroxyl groups is 2. The van der Waals surface area contributed by atoms with Gasteiger partial charge in [0.25, 0.3) is 0 Å². The molecule has 1 aromatic heterocycles. The van der Waals surface area contributed by atoms with Gasteiger partial charge in [-0.15, -0.1) is 0 Å². The smallest absolute Gasteiger partial charge is 0.335 e. The lowest BCUT2D eigenvalue weighted by molar-refractivity contribution is -0.153. The number of benzene rings is 1. The molecular weight excluding hydrogens is 212 g/mol. The van der Waals surface area contributed by atoms with Crippen molar-refractivity contribution in [3.8, 4) is 0 Å². The number of carboxylic acids is 1. The predicted octanol–water partition coefficient (Wildman–Crippen LogP) is 0.912. The second-order valence-corrected chi connectivity index (χ2v) is 3.45. The summed E-state index contributed by atoms with van der Waals surface area (Å²) in [5, 5.41) is 28.1. The summed E-state index contributed by atoms with van der Waals surface area (Å²) in [5.74, 6) is -1.46. The van der Waals surface area contributed by atoms with Gasteiger partial charge in [0.15, 0.2) is 6.10 Å². The molecule has 0 saturated carbocycles. The van der Waals surface area contributed by atoms with E-state index in [2.05, 4.69) is 0 Å². The van der Waals surface area contributed by atoms with Gasteiger partial charge in [-0.25, -0.2) is 4.79 Å².